The Balaban J connectivity index is 3.02. The minimum Gasteiger partial charge on any atom is -0.384 e. The van der Waals surface area contributed by atoms with Gasteiger partial charge in [-0.1, -0.05) is 32.9 Å². The Morgan fingerprint density at radius 2 is 1.89 bits per heavy atom. The van der Waals surface area contributed by atoms with Crippen LogP contribution in [0.15, 0.2) is 24.3 Å². The summed E-state index contributed by atoms with van der Waals surface area (Å²) in [6.07, 6.45) is 0. The van der Waals surface area contributed by atoms with E-state index in [0.717, 1.165) is 0 Å². The van der Waals surface area contributed by atoms with Crippen LogP contribution >= 0.6 is 0 Å². The van der Waals surface area contributed by atoms with Gasteiger partial charge in [-0.15, -0.1) is 0 Å². The van der Waals surface area contributed by atoms with Crippen molar-refractivity contribution in [3.05, 3.63) is 29.8 Å². The van der Waals surface area contributed by atoms with Gasteiger partial charge in [-0.3, -0.25) is 10.1 Å². The number of nitrogens with one attached hydrogen (secondary N) is 2. The predicted molar refractivity (Wildman–Crippen MR) is 74.3 cm³/mol. The number of nitrogens with two attached hydrogens (primary N) is 1. The molecule has 0 radical (unpaired) electrons. The van der Waals surface area contributed by atoms with Crippen LogP contribution in [-0.2, 0) is 10.0 Å². The number of hydrogen-bond donors (Lipinski definition) is 3. The molecule has 0 aliphatic carbocycles. The van der Waals surface area contributed by atoms with Crippen molar-refractivity contribution in [3.8, 4) is 0 Å². The molecule has 0 atom stereocenters. The maximum absolute atomic E-state index is 12.0. The Morgan fingerprint density at radius 1 is 1.33 bits per heavy atom. The molecular formula is C12H19N3O2S. The monoisotopic (exact) mass is 269 g/mol. The SMILES string of the molecule is CC(C)(C)CS(=O)(=O)Nc1ccccc1C(=N)N. The summed E-state index contributed by atoms with van der Waals surface area (Å²) < 4.78 is 26.4. The average molecular weight is 269 g/mol. The molecule has 100 valence electrons. The summed E-state index contributed by atoms with van der Waals surface area (Å²) in [5.74, 6) is -0.157. The third-order valence-electron chi connectivity index (χ3n) is 2.11. The summed E-state index contributed by atoms with van der Waals surface area (Å²) >= 11 is 0. The molecule has 5 nitrogen and oxygen atoms in total. The van der Waals surface area contributed by atoms with Gasteiger partial charge in [0, 0.05) is 5.56 Å². The van der Waals surface area contributed by atoms with Gasteiger partial charge in [0.1, 0.15) is 5.84 Å². The van der Waals surface area contributed by atoms with Crippen LogP contribution in [0.5, 0.6) is 0 Å². The molecule has 0 aromatic heterocycles. The molecule has 0 saturated carbocycles. The fraction of sp³-hybridized carbons (Fsp3) is 0.417. The van der Waals surface area contributed by atoms with E-state index < -0.39 is 10.0 Å². The highest BCUT2D eigenvalue weighted by Crippen LogP contribution is 2.20. The number of hydrogen-bond acceptors (Lipinski definition) is 3. The first kappa shape index (κ1) is 14.5. The van der Waals surface area contributed by atoms with Gasteiger partial charge >= 0.3 is 0 Å². The second kappa shape index (κ2) is 4.97. The van der Waals surface area contributed by atoms with E-state index in [1.165, 1.54) is 0 Å². The molecule has 1 rings (SSSR count). The Labute approximate surface area is 108 Å². The molecular weight excluding hydrogens is 250 g/mol. The lowest BCUT2D eigenvalue weighted by molar-refractivity contribution is 0.463. The van der Waals surface area contributed by atoms with E-state index in [1.54, 1.807) is 24.3 Å². The lowest BCUT2D eigenvalue weighted by Gasteiger charge is -2.19. The van der Waals surface area contributed by atoms with E-state index in [1.807, 2.05) is 20.8 Å². The smallest absolute Gasteiger partial charge is 0.233 e. The molecule has 0 aliphatic rings. The van der Waals surface area contributed by atoms with Crippen molar-refractivity contribution in [2.45, 2.75) is 20.8 Å². The zero-order valence-corrected chi connectivity index (χ0v) is 11.6. The first-order valence-electron chi connectivity index (χ1n) is 5.55. The van der Waals surface area contributed by atoms with Crippen molar-refractivity contribution in [2.75, 3.05) is 10.5 Å². The Bertz CT molecular complexity index is 545. The van der Waals surface area contributed by atoms with Gasteiger partial charge in [0.2, 0.25) is 10.0 Å². The molecule has 0 saturated heterocycles. The van der Waals surface area contributed by atoms with Crippen molar-refractivity contribution in [2.24, 2.45) is 11.1 Å². The number of sulfonamides is 1. The van der Waals surface area contributed by atoms with Crippen LogP contribution in [0.2, 0.25) is 0 Å². The number of nitrogen functional groups attached to an aromatic ring is 1. The first-order valence-corrected chi connectivity index (χ1v) is 7.20. The van der Waals surface area contributed by atoms with Crippen molar-refractivity contribution >= 4 is 21.5 Å². The van der Waals surface area contributed by atoms with Gasteiger partial charge in [-0.2, -0.15) is 0 Å². The van der Waals surface area contributed by atoms with Gasteiger partial charge in [0.15, 0.2) is 0 Å². The average Bonchev–Trinajstić information content (AvgIpc) is 2.13. The van der Waals surface area contributed by atoms with E-state index in [-0.39, 0.29) is 17.0 Å². The summed E-state index contributed by atoms with van der Waals surface area (Å²) in [6, 6.07) is 6.61. The molecule has 1 aromatic rings. The first-order chi connectivity index (χ1) is 8.11. The normalized spacial score (nSPS) is 12.2. The second-order valence-corrected chi connectivity index (χ2v) is 7.10. The van der Waals surface area contributed by atoms with Gasteiger partial charge in [-0.05, 0) is 17.5 Å². The van der Waals surface area contributed by atoms with Crippen LogP contribution in [0.1, 0.15) is 26.3 Å². The van der Waals surface area contributed by atoms with Crippen LogP contribution in [0.25, 0.3) is 0 Å². The van der Waals surface area contributed by atoms with E-state index in [2.05, 4.69) is 4.72 Å². The maximum Gasteiger partial charge on any atom is 0.233 e. The largest absolute Gasteiger partial charge is 0.384 e. The van der Waals surface area contributed by atoms with E-state index in [9.17, 15) is 8.42 Å². The van der Waals surface area contributed by atoms with Crippen LogP contribution in [0.3, 0.4) is 0 Å². The van der Waals surface area contributed by atoms with E-state index in [0.29, 0.717) is 11.3 Å². The molecule has 6 heteroatoms. The summed E-state index contributed by atoms with van der Waals surface area (Å²) in [5.41, 5.74) is 5.80. The highest BCUT2D eigenvalue weighted by Gasteiger charge is 2.22. The highest BCUT2D eigenvalue weighted by molar-refractivity contribution is 7.92. The Morgan fingerprint density at radius 3 is 2.39 bits per heavy atom. The minimum absolute atomic E-state index is 0.00619. The molecule has 1 aromatic carbocycles. The lowest BCUT2D eigenvalue weighted by Crippen LogP contribution is -2.27. The summed E-state index contributed by atoms with van der Waals surface area (Å²) in [7, 11) is -3.45. The maximum atomic E-state index is 12.0. The molecule has 0 spiro atoms. The minimum atomic E-state index is -3.45. The second-order valence-electron chi connectivity index (χ2n) is 5.38. The zero-order valence-electron chi connectivity index (χ0n) is 10.8. The van der Waals surface area contributed by atoms with E-state index in [4.69, 9.17) is 11.1 Å². The van der Waals surface area contributed by atoms with Crippen LogP contribution in [-0.4, -0.2) is 20.0 Å². The van der Waals surface area contributed by atoms with Crippen LogP contribution < -0.4 is 10.5 Å². The highest BCUT2D eigenvalue weighted by atomic mass is 32.2. The molecule has 0 heterocycles. The Kier molecular flexibility index (Phi) is 4.01. The molecule has 0 unspecified atom stereocenters. The van der Waals surface area contributed by atoms with Crippen molar-refractivity contribution in [1.29, 1.82) is 5.41 Å². The van der Waals surface area contributed by atoms with Gasteiger partial charge in [-0.25, -0.2) is 8.42 Å². The van der Waals surface area contributed by atoms with Gasteiger partial charge in [0.25, 0.3) is 0 Å². The molecule has 4 N–H and O–H groups in total. The third-order valence-corrected chi connectivity index (χ3v) is 3.88. The molecule has 0 amide bonds. The standard InChI is InChI=1S/C12H19N3O2S/c1-12(2,3)8-18(16,17)15-10-7-5-4-6-9(10)11(13)14/h4-7,15H,8H2,1-3H3,(H3,13,14). The van der Waals surface area contributed by atoms with Crippen molar-refractivity contribution < 1.29 is 8.42 Å². The van der Waals surface area contributed by atoms with Gasteiger partial charge < -0.3 is 5.73 Å². The van der Waals surface area contributed by atoms with Crippen LogP contribution in [0.4, 0.5) is 5.69 Å². The molecule has 0 fully saturated rings. The molecule has 0 aliphatic heterocycles. The third kappa shape index (κ3) is 4.37. The van der Waals surface area contributed by atoms with Crippen molar-refractivity contribution in [1.82, 2.24) is 0 Å². The molecule has 18 heavy (non-hydrogen) atoms. The molecule has 0 bridgehead atoms. The Hall–Kier alpha value is -1.56. The summed E-state index contributed by atoms with van der Waals surface area (Å²) in [5, 5.41) is 7.41. The zero-order chi connectivity index (χ0) is 14.0. The number of para-hydroxylation sites is 1. The summed E-state index contributed by atoms with van der Waals surface area (Å²) in [4.78, 5) is 0. The lowest BCUT2D eigenvalue weighted by atomic mass is 10.0. The van der Waals surface area contributed by atoms with E-state index >= 15 is 0 Å². The van der Waals surface area contributed by atoms with Crippen LogP contribution in [0, 0.1) is 10.8 Å². The quantitative estimate of drug-likeness (QED) is 0.574. The number of benzene rings is 1. The fourth-order valence-electron chi connectivity index (χ4n) is 1.58. The fourth-order valence-corrected chi connectivity index (χ4v) is 3.31. The number of amidine groups is 1. The number of anilines is 1. The number of rotatable bonds is 4. The van der Waals surface area contributed by atoms with Gasteiger partial charge in [0.05, 0.1) is 11.4 Å². The topological polar surface area (TPSA) is 96.0 Å². The van der Waals surface area contributed by atoms with Crippen molar-refractivity contribution in [3.63, 3.8) is 0 Å². The summed E-state index contributed by atoms with van der Waals surface area (Å²) in [6.45, 7) is 5.55. The predicted octanol–water partition coefficient (Wildman–Crippen LogP) is 1.76.